The van der Waals surface area contributed by atoms with E-state index in [4.69, 9.17) is 4.42 Å². The molecule has 2 aliphatic rings. The predicted octanol–water partition coefficient (Wildman–Crippen LogP) is 1.42. The molecule has 0 spiro atoms. The lowest BCUT2D eigenvalue weighted by molar-refractivity contribution is 0.0281. The highest BCUT2D eigenvalue weighted by Crippen LogP contribution is 2.30. The van der Waals surface area contributed by atoms with E-state index in [1.165, 1.54) is 0 Å². The molecule has 0 N–H and O–H groups in total. The van der Waals surface area contributed by atoms with Crippen molar-refractivity contribution in [3.05, 3.63) is 53.2 Å². The van der Waals surface area contributed by atoms with Crippen LogP contribution in [0.3, 0.4) is 0 Å². The molecule has 0 saturated carbocycles. The lowest BCUT2D eigenvalue weighted by Gasteiger charge is -2.43. The molecule has 1 amide bonds. The first-order valence-corrected chi connectivity index (χ1v) is 10.9. The number of oxazole rings is 1. The van der Waals surface area contributed by atoms with Gasteiger partial charge < -0.3 is 9.32 Å². The number of aryl methyl sites for hydroxylation is 2. The van der Waals surface area contributed by atoms with E-state index in [1.54, 1.807) is 18.7 Å². The predicted molar refractivity (Wildman–Crippen MR) is 100 cm³/mol. The van der Waals surface area contributed by atoms with Gasteiger partial charge in [0.2, 0.25) is 5.76 Å². The van der Waals surface area contributed by atoms with Crippen molar-refractivity contribution in [1.82, 2.24) is 14.8 Å². The molecule has 2 fully saturated rings. The van der Waals surface area contributed by atoms with Crippen LogP contribution in [0, 0.1) is 13.8 Å². The summed E-state index contributed by atoms with van der Waals surface area (Å²) in [5.74, 6) is 0.476. The van der Waals surface area contributed by atoms with E-state index in [-0.39, 0.29) is 35.3 Å². The molecular formula is C19H23N3O4S. The number of amides is 1. The Kier molecular flexibility index (Phi) is 4.55. The lowest BCUT2D eigenvalue weighted by atomic mass is 10.0. The first-order valence-electron chi connectivity index (χ1n) is 9.07. The third-order valence-electron chi connectivity index (χ3n) is 5.38. The molecule has 0 bridgehead atoms. The number of carbonyl (C=O) groups is 1. The van der Waals surface area contributed by atoms with Crippen molar-refractivity contribution in [1.29, 1.82) is 0 Å². The number of piperazine rings is 1. The number of nitrogens with zero attached hydrogens (tertiary/aromatic N) is 3. The van der Waals surface area contributed by atoms with E-state index < -0.39 is 9.84 Å². The van der Waals surface area contributed by atoms with Crippen LogP contribution in [-0.2, 0) is 16.4 Å². The number of fused-ring (bicyclic) bond motifs is 1. The highest BCUT2D eigenvalue weighted by molar-refractivity contribution is 7.91. The van der Waals surface area contributed by atoms with Crippen LogP contribution in [0.5, 0.6) is 0 Å². The molecule has 0 unspecified atom stereocenters. The highest BCUT2D eigenvalue weighted by atomic mass is 32.2. The van der Waals surface area contributed by atoms with Gasteiger partial charge in [-0.15, -0.1) is 0 Å². The van der Waals surface area contributed by atoms with E-state index in [0.717, 1.165) is 5.56 Å². The van der Waals surface area contributed by atoms with Crippen LogP contribution in [0.15, 0.2) is 34.7 Å². The van der Waals surface area contributed by atoms with Gasteiger partial charge in [0.05, 0.1) is 23.2 Å². The van der Waals surface area contributed by atoms with Gasteiger partial charge in [-0.1, -0.05) is 30.3 Å². The Morgan fingerprint density at radius 1 is 1.15 bits per heavy atom. The number of hydrogen-bond donors (Lipinski definition) is 0. The SMILES string of the molecule is Cc1nc(C)c(C(=O)N2CCN(Cc3ccccc3)[C@@H]3CS(=O)(=O)C[C@@H]32)o1. The fourth-order valence-corrected chi connectivity index (χ4v) is 6.16. The molecule has 1 aromatic heterocycles. The first kappa shape index (κ1) is 18.2. The summed E-state index contributed by atoms with van der Waals surface area (Å²) in [5, 5.41) is 0. The monoisotopic (exact) mass is 389 g/mol. The second-order valence-electron chi connectivity index (χ2n) is 7.31. The molecule has 0 radical (unpaired) electrons. The Bertz CT molecular complexity index is 955. The summed E-state index contributed by atoms with van der Waals surface area (Å²) in [4.78, 5) is 21.1. The second-order valence-corrected chi connectivity index (χ2v) is 9.47. The van der Waals surface area contributed by atoms with Crippen molar-refractivity contribution >= 4 is 15.7 Å². The van der Waals surface area contributed by atoms with Crippen molar-refractivity contribution in [2.24, 2.45) is 0 Å². The average Bonchev–Trinajstić information content (AvgIpc) is 3.13. The average molecular weight is 389 g/mol. The number of benzene rings is 1. The van der Waals surface area contributed by atoms with Crippen molar-refractivity contribution in [2.45, 2.75) is 32.5 Å². The van der Waals surface area contributed by atoms with E-state index in [0.29, 0.717) is 31.2 Å². The summed E-state index contributed by atoms with van der Waals surface area (Å²) < 4.78 is 30.2. The molecule has 2 aliphatic heterocycles. The summed E-state index contributed by atoms with van der Waals surface area (Å²) in [7, 11) is -3.19. The van der Waals surface area contributed by atoms with Crippen LogP contribution in [0.1, 0.15) is 27.7 Å². The van der Waals surface area contributed by atoms with Crippen LogP contribution >= 0.6 is 0 Å². The number of carbonyl (C=O) groups excluding carboxylic acids is 1. The first-order chi connectivity index (χ1) is 12.8. The van der Waals surface area contributed by atoms with Gasteiger partial charge in [-0.25, -0.2) is 13.4 Å². The topological polar surface area (TPSA) is 83.7 Å². The molecule has 0 aliphatic carbocycles. The van der Waals surface area contributed by atoms with Crippen molar-refractivity contribution in [3.63, 3.8) is 0 Å². The Hall–Kier alpha value is -2.19. The zero-order valence-corrected chi connectivity index (χ0v) is 16.3. The molecule has 3 heterocycles. The third-order valence-corrected chi connectivity index (χ3v) is 7.08. The third kappa shape index (κ3) is 3.51. The van der Waals surface area contributed by atoms with Crippen molar-refractivity contribution in [3.8, 4) is 0 Å². The molecule has 2 saturated heterocycles. The number of hydrogen-bond acceptors (Lipinski definition) is 6. The van der Waals surface area contributed by atoms with Gasteiger partial charge in [0.1, 0.15) is 0 Å². The van der Waals surface area contributed by atoms with Crippen LogP contribution in [0.2, 0.25) is 0 Å². The lowest BCUT2D eigenvalue weighted by Crippen LogP contribution is -2.60. The molecule has 2 aromatic rings. The van der Waals surface area contributed by atoms with Crippen LogP contribution in [0.25, 0.3) is 0 Å². The molecule has 2 atom stereocenters. The van der Waals surface area contributed by atoms with Crippen LogP contribution < -0.4 is 0 Å². The summed E-state index contributed by atoms with van der Waals surface area (Å²) in [6.07, 6.45) is 0. The summed E-state index contributed by atoms with van der Waals surface area (Å²) in [6.45, 7) is 5.22. The summed E-state index contributed by atoms with van der Waals surface area (Å²) in [6, 6.07) is 9.44. The van der Waals surface area contributed by atoms with Gasteiger partial charge in [-0.2, -0.15) is 0 Å². The highest BCUT2D eigenvalue weighted by Gasteiger charge is 2.48. The normalized spacial score (nSPS) is 24.7. The Labute approximate surface area is 158 Å². The van der Waals surface area contributed by atoms with Crippen molar-refractivity contribution in [2.75, 3.05) is 24.6 Å². The van der Waals surface area contributed by atoms with Gasteiger partial charge >= 0.3 is 0 Å². The molecule has 7 nitrogen and oxygen atoms in total. The maximum atomic E-state index is 13.0. The molecule has 27 heavy (non-hydrogen) atoms. The quantitative estimate of drug-likeness (QED) is 0.789. The maximum absolute atomic E-state index is 13.0. The maximum Gasteiger partial charge on any atom is 0.291 e. The van der Waals surface area contributed by atoms with Crippen molar-refractivity contribution < 1.29 is 17.6 Å². The largest absolute Gasteiger partial charge is 0.436 e. The molecule has 4 rings (SSSR count). The van der Waals surface area contributed by atoms with E-state index in [1.807, 2.05) is 30.3 Å². The fourth-order valence-electron chi connectivity index (χ4n) is 4.15. The van der Waals surface area contributed by atoms with Gasteiger partial charge in [0, 0.05) is 32.6 Å². The Morgan fingerprint density at radius 2 is 1.85 bits per heavy atom. The van der Waals surface area contributed by atoms with Gasteiger partial charge in [0.15, 0.2) is 15.7 Å². The Morgan fingerprint density at radius 3 is 2.52 bits per heavy atom. The molecular weight excluding hydrogens is 366 g/mol. The Balaban J connectivity index is 1.60. The summed E-state index contributed by atoms with van der Waals surface area (Å²) >= 11 is 0. The van der Waals surface area contributed by atoms with E-state index in [9.17, 15) is 13.2 Å². The zero-order valence-electron chi connectivity index (χ0n) is 15.5. The zero-order chi connectivity index (χ0) is 19.2. The molecule has 144 valence electrons. The molecule has 8 heteroatoms. The number of sulfone groups is 1. The van der Waals surface area contributed by atoms with E-state index in [2.05, 4.69) is 9.88 Å². The minimum Gasteiger partial charge on any atom is -0.436 e. The fraction of sp³-hybridized carbons (Fsp3) is 0.474. The minimum absolute atomic E-state index is 0.000856. The standard InChI is InChI=1S/C19H23N3O4S/c1-13-18(26-14(2)20-13)19(23)22-9-8-21(10-15-6-4-3-5-7-15)16-11-27(24,25)12-17(16)22/h3-7,16-17H,8-12H2,1-2H3/t16-,17+/m1/s1. The summed E-state index contributed by atoms with van der Waals surface area (Å²) in [5.41, 5.74) is 1.68. The smallest absolute Gasteiger partial charge is 0.291 e. The minimum atomic E-state index is -3.19. The number of aromatic nitrogens is 1. The van der Waals surface area contributed by atoms with E-state index >= 15 is 0 Å². The molecule has 1 aromatic carbocycles. The van der Waals surface area contributed by atoms with Crippen LogP contribution in [0.4, 0.5) is 0 Å². The van der Waals surface area contributed by atoms with Gasteiger partial charge in [-0.05, 0) is 12.5 Å². The van der Waals surface area contributed by atoms with Gasteiger partial charge in [-0.3, -0.25) is 9.69 Å². The second kappa shape index (κ2) is 6.76. The number of rotatable bonds is 3. The van der Waals surface area contributed by atoms with Crippen LogP contribution in [-0.4, -0.2) is 65.8 Å². The van der Waals surface area contributed by atoms with Gasteiger partial charge in [0.25, 0.3) is 5.91 Å².